The second kappa shape index (κ2) is 5.88. The maximum atomic E-state index is 10.5. The molecule has 100 valence electrons. The smallest absolute Gasteiger partial charge is 0.0797 e. The van der Waals surface area contributed by atoms with Gasteiger partial charge in [-0.3, -0.25) is 0 Å². The molecule has 0 heterocycles. The van der Waals surface area contributed by atoms with E-state index in [0.29, 0.717) is 0 Å². The summed E-state index contributed by atoms with van der Waals surface area (Å²) in [6, 6.07) is 4.37. The molecule has 1 aliphatic carbocycles. The number of aliphatic hydroxyl groups excluding tert-OH is 1. The van der Waals surface area contributed by atoms with Crippen molar-refractivity contribution in [3.63, 3.8) is 0 Å². The van der Waals surface area contributed by atoms with Crippen molar-refractivity contribution in [3.8, 4) is 0 Å². The maximum Gasteiger partial charge on any atom is 0.0797 e. The van der Waals surface area contributed by atoms with Gasteiger partial charge in [0.1, 0.15) is 0 Å². The normalized spacial score (nSPS) is 18.9. The first kappa shape index (κ1) is 13.6. The first-order valence-corrected chi connectivity index (χ1v) is 7.33. The maximum absolute atomic E-state index is 10.5. The second-order valence-electron chi connectivity index (χ2n) is 6.07. The number of aliphatic hydroxyl groups is 1. The molecule has 0 bridgehead atoms. The summed E-state index contributed by atoms with van der Waals surface area (Å²) in [6.07, 6.45) is 7.38. The Morgan fingerprint density at radius 1 is 1.06 bits per heavy atom. The second-order valence-corrected chi connectivity index (χ2v) is 6.07. The zero-order valence-electron chi connectivity index (χ0n) is 12.0. The van der Waals surface area contributed by atoms with Crippen molar-refractivity contribution in [2.45, 2.75) is 65.4 Å². The number of rotatable bonds is 3. The Bertz CT molecular complexity index is 379. The standard InChI is InChI=1S/C17H26O/c1-12-9-13(2)17(14(3)10-12)16(18)11-15-7-5-4-6-8-15/h9-10,15-16,18H,4-8,11H2,1-3H3. The fourth-order valence-electron chi connectivity index (χ4n) is 3.57. The van der Waals surface area contributed by atoms with Crippen molar-refractivity contribution in [2.75, 3.05) is 0 Å². The molecule has 1 aromatic rings. The Hall–Kier alpha value is -0.820. The molecule has 0 saturated heterocycles. The van der Waals surface area contributed by atoms with Crippen molar-refractivity contribution >= 4 is 0 Å². The first-order chi connectivity index (χ1) is 8.58. The molecule has 2 rings (SSSR count). The Morgan fingerprint density at radius 3 is 2.17 bits per heavy atom. The van der Waals surface area contributed by atoms with Crippen molar-refractivity contribution < 1.29 is 5.11 Å². The first-order valence-electron chi connectivity index (χ1n) is 7.33. The van der Waals surface area contributed by atoms with E-state index < -0.39 is 0 Å². The lowest BCUT2D eigenvalue weighted by molar-refractivity contribution is 0.130. The summed E-state index contributed by atoms with van der Waals surface area (Å²) in [5.74, 6) is 0.730. The van der Waals surface area contributed by atoms with E-state index in [1.807, 2.05) is 0 Å². The van der Waals surface area contributed by atoms with Crippen LogP contribution < -0.4 is 0 Å². The van der Waals surface area contributed by atoms with Crippen LogP contribution in [0.3, 0.4) is 0 Å². The minimum atomic E-state index is -0.270. The van der Waals surface area contributed by atoms with E-state index in [9.17, 15) is 5.11 Å². The van der Waals surface area contributed by atoms with E-state index in [2.05, 4.69) is 32.9 Å². The predicted molar refractivity (Wildman–Crippen MR) is 76.8 cm³/mol. The zero-order chi connectivity index (χ0) is 13.1. The highest BCUT2D eigenvalue weighted by molar-refractivity contribution is 5.38. The van der Waals surface area contributed by atoms with Crippen molar-refractivity contribution in [2.24, 2.45) is 5.92 Å². The lowest BCUT2D eigenvalue weighted by Crippen LogP contribution is -2.13. The molecule has 0 aliphatic heterocycles. The molecule has 1 saturated carbocycles. The lowest BCUT2D eigenvalue weighted by atomic mass is 9.82. The Balaban J connectivity index is 2.10. The topological polar surface area (TPSA) is 20.2 Å². The molecule has 1 fully saturated rings. The van der Waals surface area contributed by atoms with Crippen LogP contribution in [0.5, 0.6) is 0 Å². The van der Waals surface area contributed by atoms with Gasteiger partial charge in [-0.2, -0.15) is 0 Å². The molecule has 0 amide bonds. The van der Waals surface area contributed by atoms with Crippen LogP contribution in [0.1, 0.15) is 66.9 Å². The van der Waals surface area contributed by atoms with Gasteiger partial charge in [0, 0.05) is 0 Å². The molecule has 1 aromatic carbocycles. The molecule has 1 nitrogen and oxygen atoms in total. The highest BCUT2D eigenvalue weighted by atomic mass is 16.3. The van der Waals surface area contributed by atoms with Crippen LogP contribution in [-0.4, -0.2) is 5.11 Å². The van der Waals surface area contributed by atoms with Crippen LogP contribution in [0.2, 0.25) is 0 Å². The molecule has 1 aliphatic rings. The summed E-state index contributed by atoms with van der Waals surface area (Å²) >= 11 is 0. The summed E-state index contributed by atoms with van der Waals surface area (Å²) in [5, 5.41) is 10.5. The van der Waals surface area contributed by atoms with Gasteiger partial charge in [-0.1, -0.05) is 49.8 Å². The van der Waals surface area contributed by atoms with Crippen molar-refractivity contribution in [3.05, 3.63) is 34.4 Å². The molecule has 1 N–H and O–H groups in total. The molecule has 1 heteroatoms. The van der Waals surface area contributed by atoms with Gasteiger partial charge in [-0.15, -0.1) is 0 Å². The highest BCUT2D eigenvalue weighted by Crippen LogP contribution is 2.34. The van der Waals surface area contributed by atoms with Crippen LogP contribution in [0, 0.1) is 26.7 Å². The molecule has 0 radical (unpaired) electrons. The van der Waals surface area contributed by atoms with Crippen molar-refractivity contribution in [1.82, 2.24) is 0 Å². The van der Waals surface area contributed by atoms with Gasteiger partial charge >= 0.3 is 0 Å². The SMILES string of the molecule is Cc1cc(C)c(C(O)CC2CCCCC2)c(C)c1. The van der Waals surface area contributed by atoms with Crippen molar-refractivity contribution in [1.29, 1.82) is 0 Å². The summed E-state index contributed by atoms with van der Waals surface area (Å²) in [6.45, 7) is 6.37. The van der Waals surface area contributed by atoms with Gasteiger partial charge in [0.25, 0.3) is 0 Å². The minimum absolute atomic E-state index is 0.270. The minimum Gasteiger partial charge on any atom is -0.388 e. The van der Waals surface area contributed by atoms with E-state index >= 15 is 0 Å². The highest BCUT2D eigenvalue weighted by Gasteiger charge is 2.20. The van der Waals surface area contributed by atoms with E-state index in [-0.39, 0.29) is 6.10 Å². The molecule has 1 atom stereocenters. The quantitative estimate of drug-likeness (QED) is 0.825. The number of hydrogen-bond acceptors (Lipinski definition) is 1. The van der Waals surface area contributed by atoms with Gasteiger partial charge in [0.2, 0.25) is 0 Å². The van der Waals surface area contributed by atoms with Crippen LogP contribution in [0.25, 0.3) is 0 Å². The Morgan fingerprint density at radius 2 is 1.61 bits per heavy atom. The Kier molecular flexibility index (Phi) is 4.45. The number of benzene rings is 1. The van der Waals surface area contributed by atoms with Gasteiger partial charge in [0.15, 0.2) is 0 Å². The lowest BCUT2D eigenvalue weighted by Gasteiger charge is -2.26. The average Bonchev–Trinajstić information content (AvgIpc) is 2.28. The predicted octanol–water partition coefficient (Wildman–Crippen LogP) is 4.62. The van der Waals surface area contributed by atoms with E-state index in [1.165, 1.54) is 54.4 Å². The molecular weight excluding hydrogens is 220 g/mol. The molecule has 0 spiro atoms. The van der Waals surface area contributed by atoms with Crippen LogP contribution in [0.4, 0.5) is 0 Å². The van der Waals surface area contributed by atoms with Gasteiger partial charge in [0.05, 0.1) is 6.10 Å². The van der Waals surface area contributed by atoms with Gasteiger partial charge in [-0.05, 0) is 49.8 Å². The van der Waals surface area contributed by atoms with Gasteiger partial charge in [-0.25, -0.2) is 0 Å². The third kappa shape index (κ3) is 3.14. The largest absolute Gasteiger partial charge is 0.388 e. The van der Waals surface area contributed by atoms with Crippen LogP contribution in [-0.2, 0) is 0 Å². The molecule has 18 heavy (non-hydrogen) atoms. The Labute approximate surface area is 111 Å². The molecular formula is C17H26O. The summed E-state index contributed by atoms with van der Waals surface area (Å²) in [7, 11) is 0. The van der Waals surface area contributed by atoms with E-state index in [1.54, 1.807) is 0 Å². The fourth-order valence-corrected chi connectivity index (χ4v) is 3.57. The summed E-state index contributed by atoms with van der Waals surface area (Å²) in [5.41, 5.74) is 4.96. The zero-order valence-corrected chi connectivity index (χ0v) is 12.0. The summed E-state index contributed by atoms with van der Waals surface area (Å²) < 4.78 is 0. The van der Waals surface area contributed by atoms with Crippen LogP contribution >= 0.6 is 0 Å². The summed E-state index contributed by atoms with van der Waals surface area (Å²) in [4.78, 5) is 0. The number of hydrogen-bond donors (Lipinski definition) is 1. The third-order valence-electron chi connectivity index (χ3n) is 4.35. The third-order valence-corrected chi connectivity index (χ3v) is 4.35. The molecule has 0 aromatic heterocycles. The van der Waals surface area contributed by atoms with Gasteiger partial charge < -0.3 is 5.11 Å². The van der Waals surface area contributed by atoms with E-state index in [0.717, 1.165) is 12.3 Å². The average molecular weight is 246 g/mol. The fraction of sp³-hybridized carbons (Fsp3) is 0.647. The number of aryl methyl sites for hydroxylation is 3. The van der Waals surface area contributed by atoms with Crippen LogP contribution in [0.15, 0.2) is 12.1 Å². The van der Waals surface area contributed by atoms with E-state index in [4.69, 9.17) is 0 Å². The monoisotopic (exact) mass is 246 g/mol. The molecule has 1 unspecified atom stereocenters.